The van der Waals surface area contributed by atoms with Crippen LogP contribution in [0.25, 0.3) is 0 Å². The van der Waals surface area contributed by atoms with Gasteiger partial charge in [-0.05, 0) is 12.8 Å². The molecule has 0 unspecified atom stereocenters. The number of anilines is 1. The third-order valence-electron chi connectivity index (χ3n) is 4.67. The molecule has 0 atom stereocenters. The van der Waals surface area contributed by atoms with Crippen molar-refractivity contribution in [2.75, 3.05) is 17.6 Å². The highest BCUT2D eigenvalue weighted by Gasteiger charge is 2.36. The van der Waals surface area contributed by atoms with Gasteiger partial charge in [0.2, 0.25) is 10.0 Å². The van der Waals surface area contributed by atoms with E-state index in [1.54, 1.807) is 0 Å². The molecular formula is C16H24F3N3O4S2. The number of nitrogens with one attached hydrogen (secondary N) is 1. The van der Waals surface area contributed by atoms with Crippen LogP contribution >= 0.6 is 0 Å². The first-order valence-electron chi connectivity index (χ1n) is 8.93. The van der Waals surface area contributed by atoms with Gasteiger partial charge in [-0.2, -0.15) is 0 Å². The summed E-state index contributed by atoms with van der Waals surface area (Å²) in [4.78, 5) is -2.97. The Morgan fingerprint density at radius 3 is 1.86 bits per heavy atom. The van der Waals surface area contributed by atoms with Crippen LogP contribution in [0.15, 0.2) is 9.79 Å². The van der Waals surface area contributed by atoms with Crippen LogP contribution in [0.4, 0.5) is 18.9 Å². The van der Waals surface area contributed by atoms with Crippen molar-refractivity contribution in [3.8, 4) is 0 Å². The first-order valence-corrected chi connectivity index (χ1v) is 12.1. The number of sulfonamides is 1. The van der Waals surface area contributed by atoms with Crippen molar-refractivity contribution in [2.45, 2.75) is 60.8 Å². The quantitative estimate of drug-likeness (QED) is 0.576. The Kier molecular flexibility index (Phi) is 7.34. The third-order valence-corrected chi connectivity index (χ3v) is 7.38. The van der Waals surface area contributed by atoms with Crippen molar-refractivity contribution >= 4 is 25.5 Å². The smallest absolute Gasteiger partial charge is 0.244 e. The summed E-state index contributed by atoms with van der Waals surface area (Å²) in [6.07, 6.45) is 5.53. The predicted molar refractivity (Wildman–Crippen MR) is 98.5 cm³/mol. The molecule has 160 valence electrons. The van der Waals surface area contributed by atoms with Gasteiger partial charge in [-0.15, -0.1) is 0 Å². The van der Waals surface area contributed by atoms with E-state index in [9.17, 15) is 30.0 Å². The molecule has 0 bridgehead atoms. The van der Waals surface area contributed by atoms with Crippen LogP contribution in [-0.4, -0.2) is 35.2 Å². The van der Waals surface area contributed by atoms with Gasteiger partial charge in [0, 0.05) is 12.6 Å². The number of sulfone groups is 1. The molecule has 1 saturated carbocycles. The van der Waals surface area contributed by atoms with Gasteiger partial charge in [-0.3, -0.25) is 0 Å². The molecule has 28 heavy (non-hydrogen) atoms. The number of nitrogens with two attached hydrogens (primary N) is 2. The van der Waals surface area contributed by atoms with Crippen molar-refractivity contribution in [2.24, 2.45) is 10.9 Å². The van der Waals surface area contributed by atoms with E-state index < -0.39 is 71.1 Å². The van der Waals surface area contributed by atoms with Gasteiger partial charge in [0.15, 0.2) is 32.2 Å². The van der Waals surface area contributed by atoms with E-state index in [2.05, 4.69) is 5.32 Å². The van der Waals surface area contributed by atoms with Gasteiger partial charge in [0.05, 0.1) is 11.4 Å². The standard InChI is InChI=1S/C16H24F3N3O4S2/c17-11-12(18)16(27(23,24)9-8-20)14(13(19)15(11)28(21,25)26)22-10-6-4-2-1-3-5-7-10/h10,22H,1-9,20H2,(H2,21,25,26). The van der Waals surface area contributed by atoms with Gasteiger partial charge >= 0.3 is 0 Å². The SMILES string of the molecule is NCCS(=O)(=O)c1c(F)c(F)c(S(N)(=O)=O)c(F)c1NC1CCCCCCC1. The van der Waals surface area contributed by atoms with Crippen molar-refractivity contribution in [1.29, 1.82) is 0 Å². The first kappa shape index (κ1) is 22.9. The summed E-state index contributed by atoms with van der Waals surface area (Å²) in [7, 11) is -9.51. The van der Waals surface area contributed by atoms with E-state index in [1.165, 1.54) is 0 Å². The lowest BCUT2D eigenvalue weighted by atomic mass is 9.96. The monoisotopic (exact) mass is 443 g/mol. The molecule has 1 aromatic carbocycles. The van der Waals surface area contributed by atoms with Crippen molar-refractivity contribution in [3.05, 3.63) is 17.5 Å². The van der Waals surface area contributed by atoms with Crippen molar-refractivity contribution in [1.82, 2.24) is 0 Å². The molecule has 0 spiro atoms. The maximum Gasteiger partial charge on any atom is 0.244 e. The van der Waals surface area contributed by atoms with Crippen LogP contribution in [0.3, 0.4) is 0 Å². The highest BCUT2D eigenvalue weighted by atomic mass is 32.2. The molecule has 1 aromatic rings. The number of hydrogen-bond donors (Lipinski definition) is 3. The number of primary sulfonamides is 1. The minimum Gasteiger partial charge on any atom is -0.379 e. The van der Waals surface area contributed by atoms with Crippen LogP contribution in [0.1, 0.15) is 44.9 Å². The topological polar surface area (TPSA) is 132 Å². The molecule has 0 radical (unpaired) electrons. The minimum atomic E-state index is -4.99. The minimum absolute atomic E-state index is 0.412. The number of rotatable bonds is 6. The van der Waals surface area contributed by atoms with E-state index in [4.69, 9.17) is 10.9 Å². The van der Waals surface area contributed by atoms with E-state index >= 15 is 0 Å². The summed E-state index contributed by atoms with van der Waals surface area (Å²) in [5.41, 5.74) is 4.31. The number of hydrogen-bond acceptors (Lipinski definition) is 6. The summed E-state index contributed by atoms with van der Waals surface area (Å²) < 4.78 is 91.9. The highest BCUT2D eigenvalue weighted by molar-refractivity contribution is 7.91. The average molecular weight is 444 g/mol. The fraction of sp³-hybridized carbons (Fsp3) is 0.625. The third kappa shape index (κ3) is 4.97. The zero-order chi connectivity index (χ0) is 21.1. The maximum absolute atomic E-state index is 15.0. The second kappa shape index (κ2) is 8.97. The van der Waals surface area contributed by atoms with E-state index in [1.807, 2.05) is 0 Å². The lowest BCUT2D eigenvalue weighted by Gasteiger charge is -2.25. The summed E-state index contributed by atoms with van der Waals surface area (Å²) in [6.45, 7) is -0.412. The Morgan fingerprint density at radius 2 is 1.36 bits per heavy atom. The number of benzene rings is 1. The maximum atomic E-state index is 15.0. The Morgan fingerprint density at radius 1 is 0.857 bits per heavy atom. The van der Waals surface area contributed by atoms with Gasteiger partial charge in [-0.25, -0.2) is 35.1 Å². The van der Waals surface area contributed by atoms with E-state index in [0.29, 0.717) is 12.8 Å². The molecular weight excluding hydrogens is 419 g/mol. The van der Waals surface area contributed by atoms with Crippen molar-refractivity contribution < 1.29 is 30.0 Å². The Balaban J connectivity index is 2.70. The summed E-state index contributed by atoms with van der Waals surface area (Å²) in [5.74, 6) is -6.68. The molecule has 0 aliphatic heterocycles. The molecule has 2 rings (SSSR count). The molecule has 12 heteroatoms. The van der Waals surface area contributed by atoms with E-state index in [0.717, 1.165) is 32.1 Å². The molecule has 1 fully saturated rings. The lowest BCUT2D eigenvalue weighted by Crippen LogP contribution is -2.27. The zero-order valence-corrected chi connectivity index (χ0v) is 16.8. The van der Waals surface area contributed by atoms with Crippen LogP contribution in [0, 0.1) is 17.5 Å². The molecule has 1 aliphatic carbocycles. The lowest BCUT2D eigenvalue weighted by molar-refractivity contribution is 0.435. The first-order chi connectivity index (χ1) is 13.0. The molecule has 7 nitrogen and oxygen atoms in total. The largest absolute Gasteiger partial charge is 0.379 e. The molecule has 0 heterocycles. The zero-order valence-electron chi connectivity index (χ0n) is 15.2. The second-order valence-electron chi connectivity index (χ2n) is 6.81. The van der Waals surface area contributed by atoms with E-state index in [-0.39, 0.29) is 0 Å². The second-order valence-corrected chi connectivity index (χ2v) is 10.4. The molecule has 5 N–H and O–H groups in total. The van der Waals surface area contributed by atoms with Crippen LogP contribution in [-0.2, 0) is 19.9 Å². The van der Waals surface area contributed by atoms with Crippen LogP contribution in [0.2, 0.25) is 0 Å². The molecule has 0 aromatic heterocycles. The van der Waals surface area contributed by atoms with Gasteiger partial charge in [-0.1, -0.05) is 32.1 Å². The summed E-state index contributed by atoms with van der Waals surface area (Å²) in [6, 6.07) is -0.431. The fourth-order valence-corrected chi connectivity index (χ4v) is 5.38. The summed E-state index contributed by atoms with van der Waals surface area (Å²) >= 11 is 0. The highest BCUT2D eigenvalue weighted by Crippen LogP contribution is 2.36. The van der Waals surface area contributed by atoms with Gasteiger partial charge < -0.3 is 11.1 Å². The summed E-state index contributed by atoms with van der Waals surface area (Å²) in [5, 5.41) is 7.43. The normalized spacial score (nSPS) is 17.2. The number of halogens is 3. The average Bonchev–Trinajstić information content (AvgIpc) is 2.53. The van der Waals surface area contributed by atoms with Crippen molar-refractivity contribution in [3.63, 3.8) is 0 Å². The van der Waals surface area contributed by atoms with Gasteiger partial charge in [0.25, 0.3) is 0 Å². The Hall–Kier alpha value is -1.37. The fourth-order valence-electron chi connectivity index (χ4n) is 3.35. The predicted octanol–water partition coefficient (Wildman–Crippen LogP) is 2.01. The Labute approximate surface area is 162 Å². The molecule has 0 amide bonds. The van der Waals surface area contributed by atoms with Crippen LogP contribution < -0.4 is 16.2 Å². The molecule has 0 saturated heterocycles. The Bertz CT molecular complexity index is 929. The van der Waals surface area contributed by atoms with Gasteiger partial charge in [0.1, 0.15) is 4.90 Å². The van der Waals surface area contributed by atoms with Crippen LogP contribution in [0.5, 0.6) is 0 Å². The molecule has 1 aliphatic rings.